The number of carbonyl (C=O) groups excluding carboxylic acids is 1. The van der Waals surface area contributed by atoms with Crippen molar-refractivity contribution in [1.29, 1.82) is 0 Å². The van der Waals surface area contributed by atoms with E-state index in [2.05, 4.69) is 9.97 Å². The van der Waals surface area contributed by atoms with E-state index in [4.69, 9.17) is 4.74 Å². The van der Waals surface area contributed by atoms with Gasteiger partial charge in [-0.1, -0.05) is 48.5 Å². The maximum Gasteiger partial charge on any atom is 0.264 e. The largest absolute Gasteiger partial charge is 0.496 e. The lowest BCUT2D eigenvalue weighted by atomic mass is 10.1. The van der Waals surface area contributed by atoms with E-state index in [1.165, 1.54) is 11.3 Å². The Morgan fingerprint density at radius 1 is 1.13 bits per heavy atom. The minimum Gasteiger partial charge on any atom is -0.496 e. The number of fused-ring (bicyclic) bond motifs is 1. The number of amides is 1. The van der Waals surface area contributed by atoms with Gasteiger partial charge in [0, 0.05) is 25.6 Å². The second-order valence-corrected chi connectivity index (χ2v) is 8.38. The van der Waals surface area contributed by atoms with Gasteiger partial charge in [0.05, 0.1) is 17.4 Å². The fourth-order valence-electron chi connectivity index (χ4n) is 3.60. The van der Waals surface area contributed by atoms with Crippen LogP contribution < -0.4 is 10.3 Å². The van der Waals surface area contributed by atoms with Crippen molar-refractivity contribution in [3.63, 3.8) is 0 Å². The van der Waals surface area contributed by atoms with Crippen LogP contribution in [-0.2, 0) is 13.0 Å². The molecule has 0 aliphatic rings. The number of aromatic amines is 1. The third-order valence-corrected chi connectivity index (χ3v) is 6.38. The Hall–Kier alpha value is -3.45. The molecule has 2 aromatic carbocycles. The summed E-state index contributed by atoms with van der Waals surface area (Å²) in [6, 6.07) is 17.5. The normalized spacial score (nSPS) is 10.9. The number of aryl methyl sites for hydroxylation is 1. The first-order valence-electron chi connectivity index (χ1n) is 9.91. The highest BCUT2D eigenvalue weighted by Crippen LogP contribution is 2.29. The van der Waals surface area contributed by atoms with Crippen LogP contribution in [0.3, 0.4) is 0 Å². The van der Waals surface area contributed by atoms with Gasteiger partial charge in [-0.25, -0.2) is 4.98 Å². The minimum atomic E-state index is -0.212. The third kappa shape index (κ3) is 4.22. The molecule has 0 spiro atoms. The molecule has 0 fully saturated rings. The Labute approximate surface area is 184 Å². The lowest BCUT2D eigenvalue weighted by molar-refractivity contribution is 0.0788. The molecule has 31 heavy (non-hydrogen) atoms. The topological polar surface area (TPSA) is 75.3 Å². The summed E-state index contributed by atoms with van der Waals surface area (Å²) in [5.41, 5.74) is 2.43. The molecule has 1 amide bonds. The summed E-state index contributed by atoms with van der Waals surface area (Å²) in [6.45, 7) is 2.20. The molecule has 0 radical (unpaired) electrons. The molecule has 2 heterocycles. The Balaban J connectivity index is 1.64. The molecular formula is C24H23N3O3S. The summed E-state index contributed by atoms with van der Waals surface area (Å²) in [7, 11) is 3.36. The number of H-pyrrole nitrogens is 1. The molecule has 158 valence electrons. The Morgan fingerprint density at radius 2 is 1.84 bits per heavy atom. The van der Waals surface area contributed by atoms with E-state index in [1.54, 1.807) is 26.0 Å². The molecule has 4 rings (SSSR count). The van der Waals surface area contributed by atoms with Crippen molar-refractivity contribution in [2.75, 3.05) is 14.2 Å². The second-order valence-electron chi connectivity index (χ2n) is 7.38. The van der Waals surface area contributed by atoms with E-state index in [0.29, 0.717) is 39.4 Å². The standard InChI is InChI=1S/C24H23N3O3S/c1-15-20-22(28)25-19(13-16-9-5-4-6-10-16)26-23(20)31-21(15)24(29)27(2)14-17-11-7-8-12-18(17)30-3/h4-12H,13-14H2,1-3H3,(H,25,26,28). The van der Waals surface area contributed by atoms with Crippen molar-refractivity contribution in [3.05, 3.63) is 92.3 Å². The third-order valence-electron chi connectivity index (χ3n) is 5.20. The van der Waals surface area contributed by atoms with Crippen molar-refractivity contribution in [1.82, 2.24) is 14.9 Å². The van der Waals surface area contributed by atoms with Crippen LogP contribution in [-0.4, -0.2) is 34.9 Å². The van der Waals surface area contributed by atoms with Crippen LogP contribution in [0.5, 0.6) is 5.75 Å². The van der Waals surface area contributed by atoms with Crippen LogP contribution in [0.2, 0.25) is 0 Å². The molecule has 0 saturated heterocycles. The number of aromatic nitrogens is 2. The van der Waals surface area contributed by atoms with Gasteiger partial charge in [-0.3, -0.25) is 9.59 Å². The number of nitrogens with zero attached hydrogens (tertiary/aromatic N) is 2. The fraction of sp³-hybridized carbons (Fsp3) is 0.208. The van der Waals surface area contributed by atoms with Crippen molar-refractivity contribution in [3.8, 4) is 5.75 Å². The number of hydrogen-bond donors (Lipinski definition) is 1. The number of hydrogen-bond acceptors (Lipinski definition) is 5. The molecule has 0 bridgehead atoms. The van der Waals surface area contributed by atoms with Crippen molar-refractivity contribution >= 4 is 27.5 Å². The van der Waals surface area contributed by atoms with E-state index >= 15 is 0 Å². The predicted octanol–water partition coefficient (Wildman–Crippen LogP) is 4.16. The van der Waals surface area contributed by atoms with Crippen molar-refractivity contribution < 1.29 is 9.53 Å². The number of methoxy groups -OCH3 is 1. The first-order valence-corrected chi connectivity index (χ1v) is 10.7. The molecule has 1 N–H and O–H groups in total. The molecule has 7 heteroatoms. The molecular weight excluding hydrogens is 410 g/mol. The van der Waals surface area contributed by atoms with Gasteiger partial charge >= 0.3 is 0 Å². The van der Waals surface area contributed by atoms with Gasteiger partial charge in [0.25, 0.3) is 11.5 Å². The Bertz CT molecular complexity index is 1290. The van der Waals surface area contributed by atoms with Gasteiger partial charge in [0.1, 0.15) is 16.4 Å². The summed E-state index contributed by atoms with van der Waals surface area (Å²) in [6.07, 6.45) is 0.528. The summed E-state index contributed by atoms with van der Waals surface area (Å²) >= 11 is 1.27. The van der Waals surface area contributed by atoms with Crippen LogP contribution >= 0.6 is 11.3 Å². The summed E-state index contributed by atoms with van der Waals surface area (Å²) in [5, 5.41) is 0.482. The first kappa shape index (κ1) is 20.8. The zero-order valence-electron chi connectivity index (χ0n) is 17.6. The molecule has 0 aliphatic carbocycles. The van der Waals surface area contributed by atoms with Gasteiger partial charge < -0.3 is 14.6 Å². The second kappa shape index (κ2) is 8.73. The summed E-state index contributed by atoms with van der Waals surface area (Å²) in [5.74, 6) is 1.18. The summed E-state index contributed by atoms with van der Waals surface area (Å²) < 4.78 is 5.39. The number of ether oxygens (including phenoxy) is 1. The van der Waals surface area contributed by atoms with E-state index < -0.39 is 0 Å². The minimum absolute atomic E-state index is 0.143. The van der Waals surface area contributed by atoms with Gasteiger partial charge in [0.15, 0.2) is 0 Å². The lowest BCUT2D eigenvalue weighted by Gasteiger charge is -2.18. The average molecular weight is 434 g/mol. The fourth-order valence-corrected chi connectivity index (χ4v) is 4.79. The predicted molar refractivity (Wildman–Crippen MR) is 123 cm³/mol. The lowest BCUT2D eigenvalue weighted by Crippen LogP contribution is -2.26. The zero-order valence-corrected chi connectivity index (χ0v) is 18.5. The molecule has 0 atom stereocenters. The van der Waals surface area contributed by atoms with Crippen molar-refractivity contribution in [2.24, 2.45) is 0 Å². The van der Waals surface area contributed by atoms with Gasteiger partial charge in [-0.2, -0.15) is 0 Å². The van der Waals surface area contributed by atoms with Crippen LogP contribution in [0.15, 0.2) is 59.4 Å². The van der Waals surface area contributed by atoms with Gasteiger partial charge in [-0.15, -0.1) is 11.3 Å². The Morgan fingerprint density at radius 3 is 2.58 bits per heavy atom. The monoisotopic (exact) mass is 433 g/mol. The van der Waals surface area contributed by atoms with Crippen LogP contribution in [0.25, 0.3) is 10.2 Å². The van der Waals surface area contributed by atoms with Crippen LogP contribution in [0, 0.1) is 6.92 Å². The highest BCUT2D eigenvalue weighted by molar-refractivity contribution is 7.20. The number of nitrogens with one attached hydrogen (secondary N) is 1. The number of carbonyl (C=O) groups is 1. The molecule has 0 saturated carbocycles. The van der Waals surface area contributed by atoms with E-state index in [0.717, 1.165) is 16.9 Å². The smallest absolute Gasteiger partial charge is 0.264 e. The highest BCUT2D eigenvalue weighted by Gasteiger charge is 2.22. The average Bonchev–Trinajstić information content (AvgIpc) is 3.10. The number of para-hydroxylation sites is 1. The van der Waals surface area contributed by atoms with E-state index in [9.17, 15) is 9.59 Å². The van der Waals surface area contributed by atoms with E-state index in [-0.39, 0.29) is 11.5 Å². The summed E-state index contributed by atoms with van der Waals surface area (Å²) in [4.78, 5) is 36.2. The van der Waals surface area contributed by atoms with Crippen molar-refractivity contribution in [2.45, 2.75) is 19.9 Å². The highest BCUT2D eigenvalue weighted by atomic mass is 32.1. The zero-order chi connectivity index (χ0) is 22.0. The Kier molecular flexibility index (Phi) is 5.86. The number of thiophene rings is 1. The maximum atomic E-state index is 13.2. The SMILES string of the molecule is COc1ccccc1CN(C)C(=O)c1sc2nc(Cc3ccccc3)[nH]c(=O)c2c1C. The van der Waals surface area contributed by atoms with Crippen LogP contribution in [0.4, 0.5) is 0 Å². The molecule has 0 aliphatic heterocycles. The first-order chi connectivity index (χ1) is 15.0. The molecule has 4 aromatic rings. The molecule has 0 unspecified atom stereocenters. The van der Waals surface area contributed by atoms with Crippen LogP contribution in [0.1, 0.15) is 32.2 Å². The maximum absolute atomic E-state index is 13.2. The molecule has 6 nitrogen and oxygen atoms in total. The van der Waals surface area contributed by atoms with Gasteiger partial charge in [-0.05, 0) is 24.1 Å². The number of rotatable bonds is 6. The quantitative estimate of drug-likeness (QED) is 0.495. The van der Waals surface area contributed by atoms with E-state index in [1.807, 2.05) is 54.6 Å². The number of benzene rings is 2. The molecule has 2 aromatic heterocycles. The van der Waals surface area contributed by atoms with Gasteiger partial charge in [0.2, 0.25) is 0 Å².